The van der Waals surface area contributed by atoms with E-state index in [4.69, 9.17) is 20.6 Å². The topological polar surface area (TPSA) is 113 Å². The molecule has 10 heteroatoms. The number of rotatable bonds is 7. The Morgan fingerprint density at radius 3 is 2.54 bits per heavy atom. The molecule has 0 aliphatic carbocycles. The molecule has 3 aromatic rings. The van der Waals surface area contributed by atoms with Gasteiger partial charge in [0.1, 0.15) is 12.4 Å². The highest BCUT2D eigenvalue weighted by Crippen LogP contribution is 2.42. The van der Waals surface area contributed by atoms with Gasteiger partial charge >= 0.3 is 0 Å². The number of ether oxygens (including phenoxy) is 2. The summed E-state index contributed by atoms with van der Waals surface area (Å²) in [6.07, 6.45) is 3.43. The summed E-state index contributed by atoms with van der Waals surface area (Å²) in [4.78, 5) is 6.88. The number of nitrogen functional groups attached to an aromatic ring is 1. The van der Waals surface area contributed by atoms with Crippen molar-refractivity contribution < 1.29 is 9.47 Å². The largest absolute Gasteiger partial charge is 0.492 e. The highest BCUT2D eigenvalue weighted by molar-refractivity contribution is 7.77. The summed E-state index contributed by atoms with van der Waals surface area (Å²) >= 11 is 4.39. The van der Waals surface area contributed by atoms with Crippen molar-refractivity contribution in [2.45, 2.75) is 20.5 Å². The smallest absolute Gasteiger partial charge is 0.172 e. The van der Waals surface area contributed by atoms with Crippen molar-refractivity contribution >= 4 is 30.0 Å². The first kappa shape index (κ1) is 23.4. The van der Waals surface area contributed by atoms with Gasteiger partial charge in [-0.2, -0.15) is 10.2 Å². The Labute approximate surface area is 210 Å². The zero-order valence-corrected chi connectivity index (χ0v) is 21.0. The number of methoxy groups -OCH3 is 1. The van der Waals surface area contributed by atoms with E-state index in [-0.39, 0.29) is 5.71 Å². The van der Waals surface area contributed by atoms with Crippen LogP contribution in [0.2, 0.25) is 0 Å². The van der Waals surface area contributed by atoms with E-state index in [1.165, 1.54) is 0 Å². The van der Waals surface area contributed by atoms with Crippen molar-refractivity contribution in [2.24, 2.45) is 5.41 Å². The van der Waals surface area contributed by atoms with Crippen LogP contribution in [-0.2, 0) is 6.61 Å². The quantitative estimate of drug-likeness (QED) is 0.263. The second-order valence-corrected chi connectivity index (χ2v) is 9.97. The second-order valence-electron chi connectivity index (χ2n) is 9.40. The molecular weight excluding hydrogens is 462 g/mol. The summed E-state index contributed by atoms with van der Waals surface area (Å²) in [6, 6.07) is 7.36. The number of hydrogen-bond acceptors (Lipinski definition) is 10. The Morgan fingerprint density at radius 1 is 1.14 bits per heavy atom. The first-order chi connectivity index (χ1) is 16.8. The maximum atomic E-state index is 8.88. The summed E-state index contributed by atoms with van der Waals surface area (Å²) in [6.45, 7) is 8.18. The molecule has 2 aliphatic rings. The van der Waals surface area contributed by atoms with Crippen molar-refractivity contribution in [1.29, 1.82) is 5.41 Å². The van der Waals surface area contributed by atoms with Crippen molar-refractivity contribution in [1.82, 2.24) is 19.5 Å². The lowest BCUT2D eigenvalue weighted by atomic mass is 9.74. The lowest BCUT2D eigenvalue weighted by Crippen LogP contribution is -2.70. The van der Waals surface area contributed by atoms with Gasteiger partial charge in [-0.3, -0.25) is 9.71 Å². The minimum atomic E-state index is 0.228. The number of aryl methyl sites for hydroxylation is 2. The Bertz CT molecular complexity index is 1250. The molecule has 1 spiro atoms. The fourth-order valence-electron chi connectivity index (χ4n) is 4.87. The van der Waals surface area contributed by atoms with E-state index in [1.54, 1.807) is 31.6 Å². The van der Waals surface area contributed by atoms with E-state index in [0.717, 1.165) is 48.8 Å². The molecule has 2 fully saturated rings. The number of hydrogen-bond donors (Lipinski definition) is 3. The van der Waals surface area contributed by atoms with Crippen LogP contribution in [0.25, 0.3) is 0 Å². The highest BCUT2D eigenvalue weighted by atomic mass is 32.1. The van der Waals surface area contributed by atoms with E-state index in [2.05, 4.69) is 32.9 Å². The Hall–Kier alpha value is -3.37. The highest BCUT2D eigenvalue weighted by Gasteiger charge is 2.51. The first-order valence-electron chi connectivity index (χ1n) is 11.4. The Kier molecular flexibility index (Phi) is 6.02. The van der Waals surface area contributed by atoms with Crippen LogP contribution in [0, 0.1) is 24.7 Å². The van der Waals surface area contributed by atoms with E-state index in [9.17, 15) is 0 Å². The minimum absolute atomic E-state index is 0.228. The number of thiol groups is 1. The molecule has 0 bridgehead atoms. The monoisotopic (exact) mass is 491 g/mol. The molecular formula is C25H29N7O2S. The molecule has 0 radical (unpaired) electrons. The lowest BCUT2D eigenvalue weighted by molar-refractivity contribution is 0.0488. The van der Waals surface area contributed by atoms with Gasteiger partial charge in [-0.25, -0.2) is 4.98 Å². The van der Waals surface area contributed by atoms with Crippen LogP contribution in [0.15, 0.2) is 36.7 Å². The summed E-state index contributed by atoms with van der Waals surface area (Å²) in [5, 5.41) is 17.0. The fraction of sp³-hybridized carbons (Fsp3) is 0.360. The second kappa shape index (κ2) is 9.01. The van der Waals surface area contributed by atoms with Gasteiger partial charge in [0.2, 0.25) is 0 Å². The van der Waals surface area contributed by atoms with Gasteiger partial charge in [0, 0.05) is 54.6 Å². The zero-order valence-electron chi connectivity index (χ0n) is 20.1. The molecule has 1 aromatic carbocycles. The van der Waals surface area contributed by atoms with Crippen LogP contribution in [0.4, 0.5) is 11.5 Å². The van der Waals surface area contributed by atoms with Gasteiger partial charge in [-0.1, -0.05) is 12.8 Å². The van der Waals surface area contributed by atoms with Crippen LogP contribution in [-0.4, -0.2) is 58.5 Å². The number of nitrogens with two attached hydrogens (primary N) is 1. The lowest BCUT2D eigenvalue weighted by Gasteiger charge is -2.59. The van der Waals surface area contributed by atoms with Gasteiger partial charge in [0.05, 0.1) is 30.3 Å². The molecule has 182 valence electrons. The maximum Gasteiger partial charge on any atom is 0.172 e. The van der Waals surface area contributed by atoms with E-state index in [0.29, 0.717) is 40.3 Å². The van der Waals surface area contributed by atoms with E-state index in [1.807, 2.05) is 30.3 Å². The number of anilines is 2. The third kappa shape index (κ3) is 4.28. The van der Waals surface area contributed by atoms with Crippen LogP contribution >= 0.6 is 12.8 Å². The average molecular weight is 492 g/mol. The van der Waals surface area contributed by atoms with Gasteiger partial charge < -0.3 is 20.1 Å². The zero-order chi connectivity index (χ0) is 24.7. The van der Waals surface area contributed by atoms with Crippen molar-refractivity contribution in [3.63, 3.8) is 0 Å². The molecule has 0 unspecified atom stereocenters. The van der Waals surface area contributed by atoms with Gasteiger partial charge in [0.15, 0.2) is 11.5 Å². The number of pyridine rings is 1. The summed E-state index contributed by atoms with van der Waals surface area (Å²) in [7, 11) is 1.55. The number of benzene rings is 1. The van der Waals surface area contributed by atoms with Crippen molar-refractivity contribution in [2.75, 3.05) is 43.9 Å². The van der Waals surface area contributed by atoms with Crippen LogP contribution in [0.5, 0.6) is 11.5 Å². The molecule has 5 rings (SSSR count). The normalized spacial score (nSPS) is 16.5. The summed E-state index contributed by atoms with van der Waals surface area (Å²) < 4.78 is 13.8. The number of nitrogens with zero attached hydrogens (tertiary/aromatic N) is 5. The van der Waals surface area contributed by atoms with Gasteiger partial charge in [-0.05, 0) is 43.7 Å². The molecule has 2 aromatic heterocycles. The standard InChI is InChI=1S/C25H29N7O2S/c1-15-8-29-30-16(2)18(15)10-34-20-6-5-19(26)22(24(20)33-3)23(27)17-4-7-21(28-9-17)31-11-25(12-31)13-32(35)14-25/h4-9,27,35H,10-14,26H2,1-3H3. The molecule has 0 atom stereocenters. The molecule has 4 heterocycles. The predicted octanol–water partition coefficient (Wildman–Crippen LogP) is 3.04. The third-order valence-corrected chi connectivity index (χ3v) is 7.08. The number of aromatic nitrogens is 3. The molecule has 2 saturated heterocycles. The summed E-state index contributed by atoms with van der Waals surface area (Å²) in [5.41, 5.74) is 11.2. The van der Waals surface area contributed by atoms with Crippen molar-refractivity contribution in [3.8, 4) is 11.5 Å². The van der Waals surface area contributed by atoms with Gasteiger partial charge in [-0.15, -0.1) is 0 Å². The summed E-state index contributed by atoms with van der Waals surface area (Å²) in [5.74, 6) is 1.84. The Morgan fingerprint density at radius 2 is 1.91 bits per heavy atom. The fourth-order valence-corrected chi connectivity index (χ4v) is 5.47. The van der Waals surface area contributed by atoms with E-state index >= 15 is 0 Å². The average Bonchev–Trinajstić information content (AvgIpc) is 2.80. The first-order valence-corrected chi connectivity index (χ1v) is 11.8. The molecule has 0 amide bonds. The third-order valence-electron chi connectivity index (χ3n) is 6.80. The molecule has 3 N–H and O–H groups in total. The molecule has 0 saturated carbocycles. The van der Waals surface area contributed by atoms with Gasteiger partial charge in [0.25, 0.3) is 0 Å². The Balaban J connectivity index is 1.34. The molecule has 2 aliphatic heterocycles. The van der Waals surface area contributed by atoms with Crippen LogP contribution in [0.3, 0.4) is 0 Å². The SMILES string of the molecule is COc1c(OCc2c(C)cnnc2C)ccc(N)c1C(=N)c1ccc(N2CC3(CN(S)C3)C2)nc1. The maximum absolute atomic E-state index is 8.88. The van der Waals surface area contributed by atoms with Crippen molar-refractivity contribution in [3.05, 3.63) is 64.6 Å². The van der Waals surface area contributed by atoms with Crippen LogP contribution < -0.4 is 20.1 Å². The molecule has 9 nitrogen and oxygen atoms in total. The minimum Gasteiger partial charge on any atom is -0.492 e. The predicted molar refractivity (Wildman–Crippen MR) is 139 cm³/mol. The number of nitrogens with one attached hydrogen (secondary N) is 1. The molecule has 35 heavy (non-hydrogen) atoms. The van der Waals surface area contributed by atoms with E-state index < -0.39 is 0 Å². The van der Waals surface area contributed by atoms with Crippen LogP contribution in [0.1, 0.15) is 27.9 Å².